The predicted molar refractivity (Wildman–Crippen MR) is 80.4 cm³/mol. The van der Waals surface area contributed by atoms with Crippen LogP contribution in [0.25, 0.3) is 0 Å². The summed E-state index contributed by atoms with van der Waals surface area (Å²) in [5.74, 6) is 0.790. The summed E-state index contributed by atoms with van der Waals surface area (Å²) in [4.78, 5) is 12.5. The molecular weight excluding hydrogens is 251 g/mol. The maximum atomic E-state index is 13.3. The minimum atomic E-state index is -0.238. The molecule has 1 saturated carbocycles. The summed E-state index contributed by atoms with van der Waals surface area (Å²) in [6.07, 6.45) is 4.19. The molecule has 1 aromatic carbocycles. The molecule has 1 aromatic rings. The van der Waals surface area contributed by atoms with E-state index in [4.69, 9.17) is 0 Å². The van der Waals surface area contributed by atoms with Crippen LogP contribution in [0, 0.1) is 30.0 Å². The number of aryl methyl sites for hydroxylation is 1. The first-order valence-corrected chi connectivity index (χ1v) is 7.59. The van der Waals surface area contributed by atoms with E-state index in [1.54, 1.807) is 19.1 Å². The van der Waals surface area contributed by atoms with Gasteiger partial charge in [0.15, 0.2) is 5.78 Å². The smallest absolute Gasteiger partial charge is 0.165 e. The van der Waals surface area contributed by atoms with E-state index in [1.165, 1.54) is 6.07 Å². The van der Waals surface area contributed by atoms with Gasteiger partial charge in [0, 0.05) is 11.5 Å². The lowest BCUT2D eigenvalue weighted by Crippen LogP contribution is -2.28. The van der Waals surface area contributed by atoms with Crippen LogP contribution in [0.5, 0.6) is 0 Å². The summed E-state index contributed by atoms with van der Waals surface area (Å²) in [7, 11) is 0. The van der Waals surface area contributed by atoms with E-state index in [9.17, 15) is 9.18 Å². The fraction of sp³-hybridized carbons (Fsp3) is 0.611. The van der Waals surface area contributed by atoms with Crippen LogP contribution in [0.15, 0.2) is 18.2 Å². The molecule has 0 N–H and O–H groups in total. The first-order chi connectivity index (χ1) is 9.29. The lowest BCUT2D eigenvalue weighted by atomic mass is 9.69. The number of carbonyl (C=O) groups is 1. The second kappa shape index (κ2) is 5.67. The molecule has 1 nitrogen and oxygen atoms in total. The molecule has 0 saturated heterocycles. The standard InChI is InChI=1S/C18H25FO/c1-12-11-14(7-10-16(12)19)17(20)13-5-8-15(9-6-13)18(2,3)4/h7,10-11,13,15H,5-6,8-9H2,1-4H3. The summed E-state index contributed by atoms with van der Waals surface area (Å²) in [5.41, 5.74) is 1.56. The molecule has 0 amide bonds. The second-order valence-electron chi connectivity index (χ2n) is 7.24. The van der Waals surface area contributed by atoms with Crippen LogP contribution >= 0.6 is 0 Å². The van der Waals surface area contributed by atoms with Gasteiger partial charge in [-0.3, -0.25) is 4.79 Å². The van der Waals surface area contributed by atoms with Gasteiger partial charge in [0.25, 0.3) is 0 Å². The summed E-state index contributed by atoms with van der Waals surface area (Å²) in [5, 5.41) is 0. The molecule has 20 heavy (non-hydrogen) atoms. The Bertz CT molecular complexity index is 491. The number of ketones is 1. The van der Waals surface area contributed by atoms with Crippen LogP contribution in [0.2, 0.25) is 0 Å². The Kier molecular flexibility index (Phi) is 4.31. The summed E-state index contributed by atoms with van der Waals surface area (Å²) < 4.78 is 13.3. The highest BCUT2D eigenvalue weighted by molar-refractivity contribution is 5.98. The van der Waals surface area contributed by atoms with Crippen molar-refractivity contribution in [2.45, 2.75) is 53.4 Å². The Labute approximate surface area is 121 Å². The van der Waals surface area contributed by atoms with E-state index in [1.807, 2.05) is 0 Å². The van der Waals surface area contributed by atoms with Crippen molar-refractivity contribution in [3.63, 3.8) is 0 Å². The van der Waals surface area contributed by atoms with Gasteiger partial charge in [-0.2, -0.15) is 0 Å². The highest BCUT2D eigenvalue weighted by Gasteiger charge is 2.32. The largest absolute Gasteiger partial charge is 0.294 e. The Morgan fingerprint density at radius 3 is 2.25 bits per heavy atom. The first-order valence-electron chi connectivity index (χ1n) is 7.59. The van der Waals surface area contributed by atoms with Gasteiger partial charge in [0.05, 0.1) is 0 Å². The Morgan fingerprint density at radius 2 is 1.75 bits per heavy atom. The minimum absolute atomic E-state index is 0.124. The van der Waals surface area contributed by atoms with Crippen molar-refractivity contribution in [2.75, 3.05) is 0 Å². The third-order valence-corrected chi connectivity index (χ3v) is 4.77. The van der Waals surface area contributed by atoms with Crippen molar-refractivity contribution in [1.29, 1.82) is 0 Å². The molecule has 0 bridgehead atoms. The molecule has 1 fully saturated rings. The fourth-order valence-corrected chi connectivity index (χ4v) is 3.26. The lowest BCUT2D eigenvalue weighted by molar-refractivity contribution is 0.0819. The first kappa shape index (κ1) is 15.2. The number of hydrogen-bond donors (Lipinski definition) is 0. The quantitative estimate of drug-likeness (QED) is 0.681. The SMILES string of the molecule is Cc1cc(C(=O)C2CCC(C(C)(C)C)CC2)ccc1F. The molecule has 0 aliphatic heterocycles. The number of halogens is 1. The van der Waals surface area contributed by atoms with Gasteiger partial charge in [-0.05, 0) is 67.7 Å². The van der Waals surface area contributed by atoms with E-state index < -0.39 is 0 Å². The Balaban J connectivity index is 2.03. The van der Waals surface area contributed by atoms with E-state index in [0.717, 1.165) is 25.7 Å². The molecule has 110 valence electrons. The number of benzene rings is 1. The van der Waals surface area contributed by atoms with E-state index in [-0.39, 0.29) is 17.5 Å². The Hall–Kier alpha value is -1.18. The third-order valence-electron chi connectivity index (χ3n) is 4.77. The van der Waals surface area contributed by atoms with Crippen molar-refractivity contribution in [3.8, 4) is 0 Å². The molecule has 0 aromatic heterocycles. The average Bonchev–Trinajstić information content (AvgIpc) is 2.40. The second-order valence-corrected chi connectivity index (χ2v) is 7.24. The van der Waals surface area contributed by atoms with Crippen LogP contribution in [-0.2, 0) is 0 Å². The number of rotatable bonds is 2. The normalized spacial score (nSPS) is 23.6. The minimum Gasteiger partial charge on any atom is -0.294 e. The Morgan fingerprint density at radius 1 is 1.15 bits per heavy atom. The molecule has 0 atom stereocenters. The van der Waals surface area contributed by atoms with Crippen molar-refractivity contribution >= 4 is 5.78 Å². The van der Waals surface area contributed by atoms with Gasteiger partial charge >= 0.3 is 0 Å². The van der Waals surface area contributed by atoms with Crippen LogP contribution in [0.4, 0.5) is 4.39 Å². The van der Waals surface area contributed by atoms with Crippen LogP contribution < -0.4 is 0 Å². The van der Waals surface area contributed by atoms with E-state index in [0.29, 0.717) is 22.5 Å². The van der Waals surface area contributed by atoms with Gasteiger partial charge in [-0.1, -0.05) is 20.8 Å². The molecule has 0 heterocycles. The molecular formula is C18H25FO. The monoisotopic (exact) mass is 276 g/mol. The van der Waals surface area contributed by atoms with E-state index >= 15 is 0 Å². The maximum absolute atomic E-state index is 13.3. The van der Waals surface area contributed by atoms with Gasteiger partial charge in [0.2, 0.25) is 0 Å². The van der Waals surface area contributed by atoms with Gasteiger partial charge in [-0.25, -0.2) is 4.39 Å². The molecule has 0 unspecified atom stereocenters. The molecule has 2 rings (SSSR count). The van der Waals surface area contributed by atoms with Gasteiger partial charge in [-0.15, -0.1) is 0 Å². The highest BCUT2D eigenvalue weighted by Crippen LogP contribution is 2.40. The fourth-order valence-electron chi connectivity index (χ4n) is 3.26. The number of Topliss-reactive ketones (excluding diaryl/α,β-unsaturated/α-hetero) is 1. The molecule has 1 aliphatic rings. The summed E-state index contributed by atoms with van der Waals surface area (Å²) in [6, 6.07) is 4.72. The topological polar surface area (TPSA) is 17.1 Å². The van der Waals surface area contributed by atoms with Crippen molar-refractivity contribution < 1.29 is 9.18 Å². The summed E-state index contributed by atoms with van der Waals surface area (Å²) >= 11 is 0. The predicted octanol–water partition coefficient (Wildman–Crippen LogP) is 5.17. The van der Waals surface area contributed by atoms with Gasteiger partial charge in [0.1, 0.15) is 5.82 Å². The van der Waals surface area contributed by atoms with Crippen LogP contribution in [0.1, 0.15) is 62.4 Å². The van der Waals surface area contributed by atoms with Crippen LogP contribution in [-0.4, -0.2) is 5.78 Å². The zero-order valence-corrected chi connectivity index (χ0v) is 13.0. The molecule has 2 heteroatoms. The molecule has 1 aliphatic carbocycles. The number of hydrogen-bond acceptors (Lipinski definition) is 1. The maximum Gasteiger partial charge on any atom is 0.165 e. The van der Waals surface area contributed by atoms with Crippen molar-refractivity contribution in [1.82, 2.24) is 0 Å². The highest BCUT2D eigenvalue weighted by atomic mass is 19.1. The zero-order valence-electron chi connectivity index (χ0n) is 13.0. The average molecular weight is 276 g/mol. The van der Waals surface area contributed by atoms with Gasteiger partial charge < -0.3 is 0 Å². The molecule has 0 radical (unpaired) electrons. The van der Waals surface area contributed by atoms with Crippen molar-refractivity contribution in [2.24, 2.45) is 17.3 Å². The van der Waals surface area contributed by atoms with E-state index in [2.05, 4.69) is 20.8 Å². The summed E-state index contributed by atoms with van der Waals surface area (Å²) in [6.45, 7) is 8.55. The molecule has 0 spiro atoms. The zero-order chi connectivity index (χ0) is 14.9. The third kappa shape index (κ3) is 3.28. The van der Waals surface area contributed by atoms with Crippen LogP contribution in [0.3, 0.4) is 0 Å². The van der Waals surface area contributed by atoms with Crippen molar-refractivity contribution in [3.05, 3.63) is 35.1 Å². The number of carbonyl (C=O) groups excluding carboxylic acids is 1. The lowest BCUT2D eigenvalue weighted by Gasteiger charge is -2.36.